The predicted molar refractivity (Wildman–Crippen MR) is 95.0 cm³/mol. The van der Waals surface area contributed by atoms with E-state index in [1.165, 1.54) is 16.4 Å². The molecule has 3 rings (SSSR count). The fourth-order valence-electron chi connectivity index (χ4n) is 2.71. The minimum atomic E-state index is -3.57. The van der Waals surface area contributed by atoms with Crippen molar-refractivity contribution in [3.05, 3.63) is 60.2 Å². The Morgan fingerprint density at radius 3 is 2.44 bits per heavy atom. The number of hydrogen-bond acceptors (Lipinski definition) is 4. The highest BCUT2D eigenvalue weighted by molar-refractivity contribution is 7.89. The summed E-state index contributed by atoms with van der Waals surface area (Å²) >= 11 is 0. The van der Waals surface area contributed by atoms with Crippen LogP contribution in [0.3, 0.4) is 0 Å². The van der Waals surface area contributed by atoms with E-state index in [-0.39, 0.29) is 16.8 Å². The lowest BCUT2D eigenvalue weighted by Gasteiger charge is -2.32. The highest BCUT2D eigenvalue weighted by atomic mass is 32.2. The minimum Gasteiger partial charge on any atom is -0.378 e. The maximum absolute atomic E-state index is 12.7. The quantitative estimate of drug-likeness (QED) is 0.908. The molecule has 25 heavy (non-hydrogen) atoms. The number of carbonyl (C=O) groups is 1. The lowest BCUT2D eigenvalue weighted by molar-refractivity contribution is 0.0393. The first-order valence-electron chi connectivity index (χ1n) is 8.04. The van der Waals surface area contributed by atoms with E-state index in [1.807, 2.05) is 13.0 Å². The van der Waals surface area contributed by atoms with Crippen molar-refractivity contribution in [2.24, 2.45) is 0 Å². The first-order chi connectivity index (χ1) is 12.0. The summed E-state index contributed by atoms with van der Waals surface area (Å²) in [5.41, 5.74) is 1.09. The summed E-state index contributed by atoms with van der Waals surface area (Å²) in [5, 5.41) is 2.76. The molecule has 0 saturated carbocycles. The zero-order valence-corrected chi connectivity index (χ0v) is 14.7. The molecule has 0 spiro atoms. The molecule has 1 unspecified atom stereocenters. The van der Waals surface area contributed by atoms with E-state index in [0.29, 0.717) is 31.0 Å². The van der Waals surface area contributed by atoms with Crippen molar-refractivity contribution in [3.63, 3.8) is 0 Å². The van der Waals surface area contributed by atoms with Gasteiger partial charge in [0.1, 0.15) is 0 Å². The van der Waals surface area contributed by atoms with E-state index in [9.17, 15) is 13.2 Å². The van der Waals surface area contributed by atoms with Gasteiger partial charge in [-0.2, -0.15) is 4.31 Å². The van der Waals surface area contributed by atoms with E-state index in [4.69, 9.17) is 4.74 Å². The van der Waals surface area contributed by atoms with Crippen LogP contribution in [-0.2, 0) is 14.8 Å². The molecule has 6 nitrogen and oxygen atoms in total. The second kappa shape index (κ2) is 7.35. The number of nitrogens with zero attached hydrogens (tertiary/aromatic N) is 1. The van der Waals surface area contributed by atoms with Crippen molar-refractivity contribution in [2.45, 2.75) is 17.9 Å². The number of carbonyl (C=O) groups excluding carboxylic acids is 1. The molecule has 1 saturated heterocycles. The number of amides is 1. The number of benzene rings is 2. The number of anilines is 1. The Balaban J connectivity index is 1.74. The molecule has 1 N–H and O–H groups in total. The van der Waals surface area contributed by atoms with Gasteiger partial charge >= 0.3 is 0 Å². The first kappa shape index (κ1) is 17.6. The Bertz CT molecular complexity index is 835. The molecule has 1 aliphatic rings. The number of hydrogen-bond donors (Lipinski definition) is 1. The molecular weight excluding hydrogens is 340 g/mol. The van der Waals surface area contributed by atoms with Gasteiger partial charge in [-0.15, -0.1) is 0 Å². The van der Waals surface area contributed by atoms with Crippen LogP contribution >= 0.6 is 0 Å². The Morgan fingerprint density at radius 2 is 1.80 bits per heavy atom. The molecule has 0 bridgehead atoms. The Kier molecular flexibility index (Phi) is 5.17. The van der Waals surface area contributed by atoms with Crippen LogP contribution in [0, 0.1) is 0 Å². The SMILES string of the molecule is CC1COCCN1S(=O)(=O)c1ccc(NC(=O)c2ccccc2)cc1. The van der Waals surface area contributed by atoms with Crippen LogP contribution in [0.1, 0.15) is 17.3 Å². The number of sulfonamides is 1. The highest BCUT2D eigenvalue weighted by Crippen LogP contribution is 2.22. The topological polar surface area (TPSA) is 75.7 Å². The fraction of sp³-hybridized carbons (Fsp3) is 0.278. The average Bonchev–Trinajstić information content (AvgIpc) is 2.63. The Morgan fingerprint density at radius 1 is 1.12 bits per heavy atom. The van der Waals surface area contributed by atoms with Crippen LogP contribution in [-0.4, -0.2) is 44.4 Å². The molecule has 1 atom stereocenters. The van der Waals surface area contributed by atoms with Gasteiger partial charge in [0.2, 0.25) is 10.0 Å². The van der Waals surface area contributed by atoms with Crippen molar-refractivity contribution in [2.75, 3.05) is 25.1 Å². The summed E-state index contributed by atoms with van der Waals surface area (Å²) < 4.78 is 32.2. The van der Waals surface area contributed by atoms with Crippen LogP contribution in [0.5, 0.6) is 0 Å². The van der Waals surface area contributed by atoms with E-state index >= 15 is 0 Å². The molecule has 1 amide bonds. The summed E-state index contributed by atoms with van der Waals surface area (Å²) in [4.78, 5) is 12.3. The number of ether oxygens (including phenoxy) is 1. The molecular formula is C18H20N2O4S. The van der Waals surface area contributed by atoms with Crippen molar-refractivity contribution < 1.29 is 17.9 Å². The average molecular weight is 360 g/mol. The van der Waals surface area contributed by atoms with E-state index in [2.05, 4.69) is 5.32 Å². The summed E-state index contributed by atoms with van der Waals surface area (Å²) in [7, 11) is -3.57. The maximum atomic E-state index is 12.7. The van der Waals surface area contributed by atoms with Gasteiger partial charge in [-0.1, -0.05) is 18.2 Å². The third-order valence-corrected chi connectivity index (χ3v) is 6.09. The molecule has 2 aromatic carbocycles. The van der Waals surface area contributed by atoms with Gasteiger partial charge in [-0.3, -0.25) is 4.79 Å². The van der Waals surface area contributed by atoms with Crippen molar-refractivity contribution in [3.8, 4) is 0 Å². The zero-order chi connectivity index (χ0) is 17.9. The van der Waals surface area contributed by atoms with Crippen molar-refractivity contribution in [1.82, 2.24) is 4.31 Å². The molecule has 0 aliphatic carbocycles. The molecule has 1 fully saturated rings. The molecule has 0 radical (unpaired) electrons. The fourth-order valence-corrected chi connectivity index (χ4v) is 4.31. The lowest BCUT2D eigenvalue weighted by atomic mass is 10.2. The highest BCUT2D eigenvalue weighted by Gasteiger charge is 2.31. The van der Waals surface area contributed by atoms with Crippen LogP contribution in [0.2, 0.25) is 0 Å². The Labute approximate surface area is 147 Å². The summed E-state index contributed by atoms with van der Waals surface area (Å²) in [5.74, 6) is -0.238. The van der Waals surface area contributed by atoms with E-state index in [1.54, 1.807) is 36.4 Å². The molecule has 1 aliphatic heterocycles. The van der Waals surface area contributed by atoms with Crippen LogP contribution in [0.4, 0.5) is 5.69 Å². The van der Waals surface area contributed by atoms with Crippen molar-refractivity contribution in [1.29, 1.82) is 0 Å². The summed E-state index contributed by atoms with van der Waals surface area (Å²) in [6.45, 7) is 2.96. The lowest BCUT2D eigenvalue weighted by Crippen LogP contribution is -2.46. The van der Waals surface area contributed by atoms with Gasteiger partial charge in [0.05, 0.1) is 18.1 Å². The van der Waals surface area contributed by atoms with Crippen LogP contribution < -0.4 is 5.32 Å². The molecule has 132 valence electrons. The predicted octanol–water partition coefficient (Wildman–Crippen LogP) is 2.35. The molecule has 2 aromatic rings. The Hall–Kier alpha value is -2.22. The van der Waals surface area contributed by atoms with E-state index in [0.717, 1.165) is 0 Å². The minimum absolute atomic E-state index is 0.198. The largest absolute Gasteiger partial charge is 0.378 e. The van der Waals surface area contributed by atoms with Crippen molar-refractivity contribution >= 4 is 21.6 Å². The van der Waals surface area contributed by atoms with Gasteiger partial charge in [0, 0.05) is 23.8 Å². The van der Waals surface area contributed by atoms with Gasteiger partial charge < -0.3 is 10.1 Å². The van der Waals surface area contributed by atoms with Gasteiger partial charge in [-0.05, 0) is 43.3 Å². The standard InChI is InChI=1S/C18H20N2O4S/c1-14-13-24-12-11-20(14)25(22,23)17-9-7-16(8-10-17)19-18(21)15-5-3-2-4-6-15/h2-10,14H,11-13H2,1H3,(H,19,21). The molecule has 7 heteroatoms. The summed E-state index contributed by atoms with van der Waals surface area (Å²) in [6.07, 6.45) is 0. The number of nitrogens with one attached hydrogen (secondary N) is 1. The van der Waals surface area contributed by atoms with Gasteiger partial charge in [0.25, 0.3) is 5.91 Å². The first-order valence-corrected chi connectivity index (χ1v) is 9.48. The third kappa shape index (κ3) is 3.89. The van der Waals surface area contributed by atoms with Crippen LogP contribution in [0.15, 0.2) is 59.5 Å². The second-order valence-electron chi connectivity index (χ2n) is 5.88. The van der Waals surface area contributed by atoms with Gasteiger partial charge in [-0.25, -0.2) is 8.42 Å². The molecule has 0 aromatic heterocycles. The maximum Gasteiger partial charge on any atom is 0.255 e. The number of rotatable bonds is 4. The normalized spacial score (nSPS) is 18.7. The molecule has 1 heterocycles. The third-order valence-electron chi connectivity index (χ3n) is 4.06. The number of morpholine rings is 1. The second-order valence-corrected chi connectivity index (χ2v) is 7.77. The smallest absolute Gasteiger partial charge is 0.255 e. The summed E-state index contributed by atoms with van der Waals surface area (Å²) in [6, 6.07) is 14.9. The zero-order valence-electron chi connectivity index (χ0n) is 13.9. The van der Waals surface area contributed by atoms with Crippen LogP contribution in [0.25, 0.3) is 0 Å². The van der Waals surface area contributed by atoms with Gasteiger partial charge in [0.15, 0.2) is 0 Å². The van der Waals surface area contributed by atoms with E-state index < -0.39 is 10.0 Å². The monoisotopic (exact) mass is 360 g/mol.